The number of hydrogen-bond donors (Lipinski definition) is 1. The van der Waals surface area contributed by atoms with E-state index in [1.165, 1.54) is 0 Å². The summed E-state index contributed by atoms with van der Waals surface area (Å²) in [6, 6.07) is 7.62. The van der Waals surface area contributed by atoms with Gasteiger partial charge in [0.1, 0.15) is 17.3 Å². The van der Waals surface area contributed by atoms with Crippen LogP contribution in [0.1, 0.15) is 19.7 Å². The Kier molecular flexibility index (Phi) is 3.62. The second kappa shape index (κ2) is 5.02. The van der Waals surface area contributed by atoms with E-state index >= 15 is 0 Å². The first-order valence-electron chi connectivity index (χ1n) is 6.07. The van der Waals surface area contributed by atoms with Crippen LogP contribution in [0.15, 0.2) is 24.3 Å². The highest BCUT2D eigenvalue weighted by Crippen LogP contribution is 2.28. The van der Waals surface area contributed by atoms with E-state index in [4.69, 9.17) is 17.3 Å². The van der Waals surface area contributed by atoms with Crippen LogP contribution in [0.5, 0.6) is 0 Å². The number of imidazole rings is 1. The Labute approximate surface area is 113 Å². The summed E-state index contributed by atoms with van der Waals surface area (Å²) >= 11 is 6.00. The number of anilines is 1. The van der Waals surface area contributed by atoms with E-state index in [9.17, 15) is 0 Å². The second-order valence-electron chi connectivity index (χ2n) is 4.91. The molecule has 0 amide bonds. The van der Waals surface area contributed by atoms with Crippen molar-refractivity contribution in [3.63, 3.8) is 0 Å². The van der Waals surface area contributed by atoms with Gasteiger partial charge in [0.2, 0.25) is 0 Å². The molecule has 0 saturated carbocycles. The third-order valence-corrected chi connectivity index (χ3v) is 3.08. The first-order valence-corrected chi connectivity index (χ1v) is 6.45. The molecular weight excluding hydrogens is 246 g/mol. The average molecular weight is 264 g/mol. The maximum Gasteiger partial charge on any atom is 0.131 e. The first kappa shape index (κ1) is 13.0. The van der Waals surface area contributed by atoms with Gasteiger partial charge in [0.25, 0.3) is 0 Å². The van der Waals surface area contributed by atoms with E-state index in [1.807, 2.05) is 31.2 Å². The fourth-order valence-electron chi connectivity index (χ4n) is 2.03. The van der Waals surface area contributed by atoms with E-state index in [1.54, 1.807) is 0 Å². The number of nitrogens with zero attached hydrogens (tertiary/aromatic N) is 2. The largest absolute Gasteiger partial charge is 0.383 e. The Hall–Kier alpha value is -1.48. The Morgan fingerprint density at radius 3 is 2.72 bits per heavy atom. The predicted molar refractivity (Wildman–Crippen MR) is 76.7 cm³/mol. The van der Waals surface area contributed by atoms with Crippen LogP contribution in [0.3, 0.4) is 0 Å². The normalized spacial score (nSPS) is 11.2. The minimum atomic E-state index is 0.535. The Balaban J connectivity index is 2.47. The van der Waals surface area contributed by atoms with Crippen molar-refractivity contribution in [2.45, 2.75) is 27.3 Å². The van der Waals surface area contributed by atoms with Crippen LogP contribution in [-0.2, 0) is 6.54 Å². The van der Waals surface area contributed by atoms with Crippen LogP contribution in [-0.4, -0.2) is 9.55 Å². The number of nitrogen functional groups attached to an aromatic ring is 1. The molecule has 1 heterocycles. The van der Waals surface area contributed by atoms with Gasteiger partial charge in [-0.2, -0.15) is 0 Å². The number of halogens is 1. The van der Waals surface area contributed by atoms with Crippen molar-refractivity contribution in [2.75, 3.05) is 5.73 Å². The summed E-state index contributed by atoms with van der Waals surface area (Å²) in [7, 11) is 0. The molecule has 96 valence electrons. The minimum absolute atomic E-state index is 0.535. The van der Waals surface area contributed by atoms with Crippen LogP contribution >= 0.6 is 11.6 Å². The molecular formula is C14H18ClN3. The lowest BCUT2D eigenvalue weighted by molar-refractivity contribution is 0.518. The van der Waals surface area contributed by atoms with E-state index in [0.29, 0.717) is 16.8 Å². The monoisotopic (exact) mass is 263 g/mol. The third-order valence-electron chi connectivity index (χ3n) is 2.84. The van der Waals surface area contributed by atoms with Gasteiger partial charge in [0.15, 0.2) is 0 Å². The highest BCUT2D eigenvalue weighted by atomic mass is 35.5. The molecule has 0 aliphatic rings. The van der Waals surface area contributed by atoms with Gasteiger partial charge in [-0.1, -0.05) is 37.6 Å². The molecule has 18 heavy (non-hydrogen) atoms. The third kappa shape index (κ3) is 2.51. The molecule has 2 N–H and O–H groups in total. The molecule has 4 heteroatoms. The summed E-state index contributed by atoms with van der Waals surface area (Å²) in [5.74, 6) is 2.19. The van der Waals surface area contributed by atoms with E-state index in [-0.39, 0.29) is 0 Å². The van der Waals surface area contributed by atoms with E-state index in [0.717, 1.165) is 23.6 Å². The van der Waals surface area contributed by atoms with Crippen molar-refractivity contribution >= 4 is 17.4 Å². The molecule has 2 aromatic rings. The smallest absolute Gasteiger partial charge is 0.131 e. The lowest BCUT2D eigenvalue weighted by Gasteiger charge is -2.10. The Bertz CT molecular complexity index is 558. The van der Waals surface area contributed by atoms with Crippen LogP contribution < -0.4 is 5.73 Å². The summed E-state index contributed by atoms with van der Waals surface area (Å²) in [4.78, 5) is 4.55. The number of nitrogens with two attached hydrogens (primary N) is 1. The molecule has 0 spiro atoms. The minimum Gasteiger partial charge on any atom is -0.383 e. The molecule has 0 unspecified atom stereocenters. The van der Waals surface area contributed by atoms with Crippen molar-refractivity contribution in [1.82, 2.24) is 9.55 Å². The molecule has 1 aromatic carbocycles. The van der Waals surface area contributed by atoms with Gasteiger partial charge < -0.3 is 10.3 Å². The highest BCUT2D eigenvalue weighted by Gasteiger charge is 2.14. The first-order chi connectivity index (χ1) is 8.49. The maximum absolute atomic E-state index is 6.19. The van der Waals surface area contributed by atoms with Crippen LogP contribution in [0, 0.1) is 12.8 Å². The quantitative estimate of drug-likeness (QED) is 0.917. The molecule has 1 aromatic heterocycles. The standard InChI is InChI=1S/C14H18ClN3/c1-9(2)8-18-10(3)17-13(14(18)16)11-5-4-6-12(15)7-11/h4-7,9H,8,16H2,1-3H3. The zero-order valence-electron chi connectivity index (χ0n) is 10.9. The molecule has 0 atom stereocenters. The van der Waals surface area contributed by atoms with Crippen LogP contribution in [0.4, 0.5) is 5.82 Å². The lowest BCUT2D eigenvalue weighted by atomic mass is 10.1. The number of hydrogen-bond acceptors (Lipinski definition) is 2. The Morgan fingerprint density at radius 1 is 1.39 bits per heavy atom. The van der Waals surface area contributed by atoms with Gasteiger partial charge in [-0.3, -0.25) is 0 Å². The summed E-state index contributed by atoms with van der Waals surface area (Å²) in [5, 5.41) is 0.697. The van der Waals surface area contributed by atoms with Crippen molar-refractivity contribution in [3.8, 4) is 11.3 Å². The maximum atomic E-state index is 6.19. The molecule has 0 saturated heterocycles. The summed E-state index contributed by atoms with van der Waals surface area (Å²) in [6.07, 6.45) is 0. The summed E-state index contributed by atoms with van der Waals surface area (Å²) < 4.78 is 2.06. The van der Waals surface area contributed by atoms with Gasteiger partial charge >= 0.3 is 0 Å². The fourth-order valence-corrected chi connectivity index (χ4v) is 2.22. The zero-order valence-corrected chi connectivity index (χ0v) is 11.7. The average Bonchev–Trinajstić information content (AvgIpc) is 2.56. The molecule has 0 aliphatic heterocycles. The van der Waals surface area contributed by atoms with E-state index in [2.05, 4.69) is 23.4 Å². The summed E-state index contributed by atoms with van der Waals surface area (Å²) in [6.45, 7) is 7.19. The van der Waals surface area contributed by atoms with Crippen LogP contribution in [0.25, 0.3) is 11.3 Å². The van der Waals surface area contributed by atoms with Gasteiger partial charge in [0.05, 0.1) is 0 Å². The number of aromatic nitrogens is 2. The van der Waals surface area contributed by atoms with Gasteiger partial charge in [0, 0.05) is 17.1 Å². The molecule has 2 rings (SSSR count). The van der Waals surface area contributed by atoms with Crippen molar-refractivity contribution in [2.24, 2.45) is 5.92 Å². The van der Waals surface area contributed by atoms with Gasteiger partial charge in [-0.15, -0.1) is 0 Å². The highest BCUT2D eigenvalue weighted by molar-refractivity contribution is 6.30. The van der Waals surface area contributed by atoms with Crippen molar-refractivity contribution in [1.29, 1.82) is 0 Å². The predicted octanol–water partition coefficient (Wildman–Crippen LogP) is 3.75. The van der Waals surface area contributed by atoms with Crippen molar-refractivity contribution < 1.29 is 0 Å². The summed E-state index contributed by atoms with van der Waals surface area (Å²) in [5.41, 5.74) is 7.97. The van der Waals surface area contributed by atoms with Crippen molar-refractivity contribution in [3.05, 3.63) is 35.1 Å². The molecule has 0 aliphatic carbocycles. The second-order valence-corrected chi connectivity index (χ2v) is 5.34. The molecule has 0 fully saturated rings. The molecule has 0 radical (unpaired) electrons. The number of rotatable bonds is 3. The SMILES string of the molecule is Cc1nc(-c2cccc(Cl)c2)c(N)n1CC(C)C. The fraction of sp³-hybridized carbons (Fsp3) is 0.357. The van der Waals surface area contributed by atoms with Gasteiger partial charge in [-0.05, 0) is 25.0 Å². The van der Waals surface area contributed by atoms with E-state index < -0.39 is 0 Å². The molecule has 3 nitrogen and oxygen atoms in total. The molecule has 0 bridgehead atoms. The van der Waals surface area contributed by atoms with Crippen LogP contribution in [0.2, 0.25) is 5.02 Å². The Morgan fingerprint density at radius 2 is 2.11 bits per heavy atom. The number of aryl methyl sites for hydroxylation is 1. The van der Waals surface area contributed by atoms with Gasteiger partial charge in [-0.25, -0.2) is 4.98 Å². The topological polar surface area (TPSA) is 43.8 Å². The lowest BCUT2D eigenvalue weighted by Crippen LogP contribution is -2.09. The zero-order chi connectivity index (χ0) is 13.3. The number of benzene rings is 1.